The molecule has 3 N–H and O–H groups in total. The summed E-state index contributed by atoms with van der Waals surface area (Å²) in [5.74, 6) is -2.08. The molecule has 3 aliphatic rings. The average molecular weight is 1180 g/mol. The summed E-state index contributed by atoms with van der Waals surface area (Å²) in [4.78, 5) is 107. The highest BCUT2D eigenvalue weighted by atomic mass is 16.6. The minimum absolute atomic E-state index is 0.0103. The van der Waals surface area contributed by atoms with Crippen molar-refractivity contribution in [1.82, 2.24) is 25.8 Å². The summed E-state index contributed by atoms with van der Waals surface area (Å²) in [6.07, 6.45) is 2.41. The third-order valence-electron chi connectivity index (χ3n) is 14.5. The molecule has 0 bridgehead atoms. The molecule has 3 heterocycles. The van der Waals surface area contributed by atoms with Gasteiger partial charge in [-0.05, 0) is 110 Å². The molecule has 2 saturated heterocycles. The molecule has 24 nitrogen and oxygen atoms in total. The van der Waals surface area contributed by atoms with Gasteiger partial charge < -0.3 is 67.6 Å². The van der Waals surface area contributed by atoms with Gasteiger partial charge in [0, 0.05) is 26.1 Å². The van der Waals surface area contributed by atoms with E-state index < -0.39 is 66.2 Å². The Kier molecular flexibility index (Phi) is 24.1. The van der Waals surface area contributed by atoms with Crippen molar-refractivity contribution in [1.29, 1.82) is 0 Å². The summed E-state index contributed by atoms with van der Waals surface area (Å²) in [5.41, 5.74) is 2.20. The highest BCUT2D eigenvalue weighted by Gasteiger charge is 2.46. The summed E-state index contributed by atoms with van der Waals surface area (Å²) < 4.78 is 62.3. The molecule has 4 atom stereocenters. The fraction of sp³-hybridized carbons (Fsp3) is 0.475. The van der Waals surface area contributed by atoms with Gasteiger partial charge in [-0.2, -0.15) is 0 Å². The van der Waals surface area contributed by atoms with E-state index in [9.17, 15) is 38.4 Å². The monoisotopic (exact) mass is 1180 g/mol. The number of carbonyl (C=O) groups excluding carboxylic acids is 8. The molecule has 7 rings (SSSR count). The van der Waals surface area contributed by atoms with Crippen molar-refractivity contribution in [3.63, 3.8) is 0 Å². The van der Waals surface area contributed by atoms with E-state index in [4.69, 9.17) is 52.1 Å². The quantitative estimate of drug-likeness (QED) is 0.0332. The number of carbonyl (C=O) groups is 8. The van der Waals surface area contributed by atoms with Crippen LogP contribution in [0.2, 0.25) is 0 Å². The number of ether oxygens (including phenoxy) is 11. The molecule has 1 unspecified atom stereocenters. The zero-order valence-electron chi connectivity index (χ0n) is 48.8. The molecular formula is C61H75N5O19. The molecule has 85 heavy (non-hydrogen) atoms. The van der Waals surface area contributed by atoms with Gasteiger partial charge in [-0.1, -0.05) is 31.2 Å². The lowest BCUT2D eigenvalue weighted by molar-refractivity contribution is -0.162. The maximum Gasteiger partial charge on any atom is 0.329 e. The number of aryl methyl sites for hydroxylation is 1. The zero-order chi connectivity index (χ0) is 60.8. The Morgan fingerprint density at radius 1 is 0.647 bits per heavy atom. The number of esters is 1. The van der Waals surface area contributed by atoms with E-state index in [-0.39, 0.29) is 101 Å². The van der Waals surface area contributed by atoms with Crippen molar-refractivity contribution in [2.75, 3.05) is 108 Å². The van der Waals surface area contributed by atoms with Crippen molar-refractivity contribution >= 4 is 47.3 Å². The van der Waals surface area contributed by atoms with Gasteiger partial charge in [0.25, 0.3) is 23.6 Å². The van der Waals surface area contributed by atoms with Gasteiger partial charge >= 0.3 is 5.97 Å². The highest BCUT2D eigenvalue weighted by molar-refractivity contribution is 6.24. The van der Waals surface area contributed by atoms with Crippen molar-refractivity contribution in [3.8, 4) is 40.2 Å². The Morgan fingerprint density at radius 2 is 1.29 bits per heavy atom. The SMILES string of the molecule is CC[C@H](C(=O)N1CCCC[C@H]1C(=O)O[C@H](CCc1ccc(OC)c(OC)c1)c1cccc(OCC(=O)NCCOCCOCCOCCNC(=O)COc2cccc3c2C(=O)N(C2CCC(=O)NC2=O)C3=O)c1)c1cc(OC)c(OC)c(OC)c1. The lowest BCUT2D eigenvalue weighted by Gasteiger charge is -2.37. The van der Waals surface area contributed by atoms with E-state index in [1.165, 1.54) is 39.5 Å². The van der Waals surface area contributed by atoms with Crippen molar-refractivity contribution < 1.29 is 90.5 Å². The third kappa shape index (κ3) is 16.9. The fourth-order valence-electron chi connectivity index (χ4n) is 10.2. The van der Waals surface area contributed by atoms with E-state index in [1.54, 1.807) is 49.5 Å². The molecule has 3 aliphatic heterocycles. The minimum Gasteiger partial charge on any atom is -0.493 e. The Bertz CT molecular complexity index is 2980. The Labute approximate surface area is 493 Å². The lowest BCUT2D eigenvalue weighted by atomic mass is 9.91. The van der Waals surface area contributed by atoms with Gasteiger partial charge in [-0.3, -0.25) is 43.8 Å². The van der Waals surface area contributed by atoms with E-state index in [0.29, 0.717) is 77.9 Å². The van der Waals surface area contributed by atoms with Crippen LogP contribution in [0.4, 0.5) is 0 Å². The number of rotatable bonds is 33. The van der Waals surface area contributed by atoms with Gasteiger partial charge in [0.05, 0.1) is 92.2 Å². The highest BCUT2D eigenvalue weighted by Crippen LogP contribution is 2.42. The van der Waals surface area contributed by atoms with Crippen LogP contribution in [-0.2, 0) is 54.1 Å². The molecule has 4 aromatic carbocycles. The first-order valence-corrected chi connectivity index (χ1v) is 28.2. The summed E-state index contributed by atoms with van der Waals surface area (Å²) in [6.45, 7) is 3.36. The first kappa shape index (κ1) is 64.1. The zero-order valence-corrected chi connectivity index (χ0v) is 48.8. The number of hydrogen-bond donors (Lipinski definition) is 3. The van der Waals surface area contributed by atoms with Gasteiger partial charge in [-0.15, -0.1) is 0 Å². The van der Waals surface area contributed by atoms with Crippen LogP contribution in [0.25, 0.3) is 0 Å². The normalized spacial score (nSPS) is 16.4. The molecule has 0 radical (unpaired) electrons. The number of imide groups is 2. The first-order valence-electron chi connectivity index (χ1n) is 28.2. The molecule has 24 heteroatoms. The van der Waals surface area contributed by atoms with Gasteiger partial charge in [-0.25, -0.2) is 4.79 Å². The summed E-state index contributed by atoms with van der Waals surface area (Å²) >= 11 is 0. The maximum absolute atomic E-state index is 14.5. The van der Waals surface area contributed by atoms with Crippen molar-refractivity contribution in [3.05, 3.63) is 101 Å². The molecule has 0 aromatic heterocycles. The average Bonchev–Trinajstić information content (AvgIpc) is 1.82. The van der Waals surface area contributed by atoms with Crippen LogP contribution in [0.5, 0.6) is 40.2 Å². The predicted octanol–water partition coefficient (Wildman–Crippen LogP) is 4.66. The van der Waals surface area contributed by atoms with Crippen LogP contribution in [0.15, 0.2) is 72.8 Å². The van der Waals surface area contributed by atoms with Crippen LogP contribution in [0, 0.1) is 0 Å². The molecular weight excluding hydrogens is 1110 g/mol. The fourth-order valence-corrected chi connectivity index (χ4v) is 10.2. The second-order valence-electron chi connectivity index (χ2n) is 19.9. The Morgan fingerprint density at radius 3 is 1.93 bits per heavy atom. The van der Waals surface area contributed by atoms with Crippen LogP contribution in [0.3, 0.4) is 0 Å². The predicted molar refractivity (Wildman–Crippen MR) is 304 cm³/mol. The molecule has 7 amide bonds. The molecule has 2 fully saturated rings. The number of nitrogens with one attached hydrogen (secondary N) is 3. The number of benzene rings is 4. The number of amides is 7. The molecule has 0 saturated carbocycles. The number of hydrogen-bond acceptors (Lipinski definition) is 19. The first-order chi connectivity index (χ1) is 41.2. The maximum atomic E-state index is 14.5. The largest absolute Gasteiger partial charge is 0.493 e. The van der Waals surface area contributed by atoms with E-state index in [0.717, 1.165) is 23.3 Å². The molecule has 0 spiro atoms. The number of piperidine rings is 2. The third-order valence-corrected chi connectivity index (χ3v) is 14.5. The molecule has 458 valence electrons. The second-order valence-corrected chi connectivity index (χ2v) is 19.9. The second kappa shape index (κ2) is 32.0. The Balaban J connectivity index is 0.813. The van der Waals surface area contributed by atoms with E-state index in [1.807, 2.05) is 31.2 Å². The van der Waals surface area contributed by atoms with E-state index >= 15 is 0 Å². The van der Waals surface area contributed by atoms with Crippen molar-refractivity contribution in [2.45, 2.75) is 82.4 Å². The Hall–Kier alpha value is -8.48. The van der Waals surface area contributed by atoms with Crippen molar-refractivity contribution in [2.24, 2.45) is 0 Å². The van der Waals surface area contributed by atoms with Crippen LogP contribution in [-0.4, -0.2) is 177 Å². The number of likely N-dealkylation sites (tertiary alicyclic amines) is 1. The lowest BCUT2D eigenvalue weighted by Crippen LogP contribution is -2.54. The van der Waals surface area contributed by atoms with Gasteiger partial charge in [0.2, 0.25) is 23.5 Å². The number of methoxy groups -OCH3 is 5. The molecule has 0 aliphatic carbocycles. The number of fused-ring (bicyclic) bond motifs is 1. The van der Waals surface area contributed by atoms with Gasteiger partial charge in [0.1, 0.15) is 29.7 Å². The molecule has 4 aromatic rings. The smallest absolute Gasteiger partial charge is 0.329 e. The summed E-state index contributed by atoms with van der Waals surface area (Å²) in [7, 11) is 7.67. The summed E-state index contributed by atoms with van der Waals surface area (Å²) in [6, 6.07) is 18.6. The topological polar surface area (TPSA) is 281 Å². The number of nitrogens with zero attached hydrogens (tertiary/aromatic N) is 2. The summed E-state index contributed by atoms with van der Waals surface area (Å²) in [5, 5.41) is 7.57. The van der Waals surface area contributed by atoms with E-state index in [2.05, 4.69) is 16.0 Å². The minimum atomic E-state index is -1.13. The van der Waals surface area contributed by atoms with Crippen LogP contribution >= 0.6 is 0 Å². The van der Waals surface area contributed by atoms with Crippen LogP contribution < -0.4 is 49.1 Å². The van der Waals surface area contributed by atoms with Gasteiger partial charge in [0.15, 0.2) is 36.2 Å². The van der Waals surface area contributed by atoms with Crippen LogP contribution in [0.1, 0.15) is 101 Å². The standard InChI is InChI=1S/C61H75N5O19/c1-7-42(40-34-50(77-4)56(79-6)51(35-40)78-5)58(71)65-25-9-8-15-45(65)61(74)85-46(20-17-38-18-21-47(75-2)49(32-38)76-3)39-12-10-13-41(33-39)83-36-53(68)62-23-26-80-28-30-82-31-29-81-27-24-63-54(69)37-84-48-16-11-14-43-55(48)60(73)66(59(43)72)44-19-22-52(67)64-57(44)70/h10-14,16,18,21,32-35,42,44-46H,7-9,15,17,19-20,22-31,36-37H2,1-6H3,(H,62,68)(H,63,69)(H,64,67,70)/t42-,44?,45-,46+/m0/s1.